The maximum atomic E-state index is 11.9. The van der Waals surface area contributed by atoms with Crippen LogP contribution < -0.4 is 5.32 Å². The summed E-state index contributed by atoms with van der Waals surface area (Å²) in [5, 5.41) is 13.4. The van der Waals surface area contributed by atoms with Crippen LogP contribution in [0.2, 0.25) is 0 Å². The van der Waals surface area contributed by atoms with Gasteiger partial charge in [-0.15, -0.1) is 0 Å². The van der Waals surface area contributed by atoms with Crippen LogP contribution >= 0.6 is 0 Å². The summed E-state index contributed by atoms with van der Waals surface area (Å²) in [5.74, 6) is -1.09. The minimum atomic E-state index is -0.702. The molecule has 7 heteroatoms. The second-order valence-electron chi connectivity index (χ2n) is 5.87. The van der Waals surface area contributed by atoms with E-state index in [0.717, 1.165) is 12.8 Å². The van der Waals surface area contributed by atoms with Gasteiger partial charge in [0.15, 0.2) is 6.61 Å². The number of aryl methyl sites for hydroxylation is 1. The van der Waals surface area contributed by atoms with Crippen LogP contribution in [0, 0.1) is 10.1 Å². The summed E-state index contributed by atoms with van der Waals surface area (Å²) in [6, 6.07) is 14.9. The van der Waals surface area contributed by atoms with Crippen LogP contribution in [0.15, 0.2) is 54.6 Å². The summed E-state index contributed by atoms with van der Waals surface area (Å²) >= 11 is 0. The lowest BCUT2D eigenvalue weighted by Gasteiger charge is -2.14. The van der Waals surface area contributed by atoms with E-state index in [4.69, 9.17) is 4.74 Å². The summed E-state index contributed by atoms with van der Waals surface area (Å²) < 4.78 is 4.93. The molecule has 0 saturated carbocycles. The molecule has 1 N–H and O–H groups in total. The van der Waals surface area contributed by atoms with Crippen LogP contribution in [0.3, 0.4) is 0 Å². The van der Waals surface area contributed by atoms with Crippen molar-refractivity contribution < 1.29 is 19.2 Å². The average Bonchev–Trinajstić information content (AvgIpc) is 2.65. The van der Waals surface area contributed by atoms with Gasteiger partial charge in [-0.25, -0.2) is 4.79 Å². The number of carbonyl (C=O) groups is 2. The number of hydrogen-bond donors (Lipinski definition) is 1. The van der Waals surface area contributed by atoms with Gasteiger partial charge in [0.05, 0.1) is 10.5 Å². The van der Waals surface area contributed by atoms with Crippen LogP contribution in [0.5, 0.6) is 0 Å². The van der Waals surface area contributed by atoms with Crippen molar-refractivity contribution in [2.75, 3.05) is 6.61 Å². The first kappa shape index (κ1) is 19.1. The fourth-order valence-corrected chi connectivity index (χ4v) is 2.35. The number of esters is 1. The molecule has 2 aromatic rings. The van der Waals surface area contributed by atoms with Crippen molar-refractivity contribution in [1.82, 2.24) is 5.32 Å². The van der Waals surface area contributed by atoms with E-state index in [2.05, 4.69) is 5.32 Å². The summed E-state index contributed by atoms with van der Waals surface area (Å²) in [4.78, 5) is 33.7. The van der Waals surface area contributed by atoms with E-state index in [1.54, 1.807) is 0 Å². The largest absolute Gasteiger partial charge is 0.452 e. The number of nitro benzene ring substituents is 1. The topological polar surface area (TPSA) is 98.5 Å². The molecule has 0 fully saturated rings. The minimum absolute atomic E-state index is 0.0548. The maximum Gasteiger partial charge on any atom is 0.338 e. The zero-order valence-electron chi connectivity index (χ0n) is 14.4. The number of benzene rings is 2. The van der Waals surface area contributed by atoms with E-state index in [0.29, 0.717) is 0 Å². The fraction of sp³-hybridized carbons (Fsp3) is 0.263. The Morgan fingerprint density at radius 3 is 2.38 bits per heavy atom. The number of ether oxygens (including phenoxy) is 1. The third kappa shape index (κ3) is 6.01. The molecular weight excluding hydrogens is 336 g/mol. The van der Waals surface area contributed by atoms with Crippen molar-refractivity contribution in [3.63, 3.8) is 0 Å². The first-order valence-corrected chi connectivity index (χ1v) is 8.20. The highest BCUT2D eigenvalue weighted by Crippen LogP contribution is 2.12. The van der Waals surface area contributed by atoms with Gasteiger partial charge in [0, 0.05) is 18.2 Å². The van der Waals surface area contributed by atoms with Crippen molar-refractivity contribution in [3.05, 3.63) is 75.8 Å². The van der Waals surface area contributed by atoms with Gasteiger partial charge >= 0.3 is 5.97 Å². The number of nitro groups is 1. The average molecular weight is 356 g/mol. The van der Waals surface area contributed by atoms with Crippen molar-refractivity contribution in [2.45, 2.75) is 25.8 Å². The zero-order chi connectivity index (χ0) is 18.9. The van der Waals surface area contributed by atoms with Gasteiger partial charge in [0.25, 0.3) is 11.6 Å². The van der Waals surface area contributed by atoms with Crippen molar-refractivity contribution in [1.29, 1.82) is 0 Å². The highest BCUT2D eigenvalue weighted by Gasteiger charge is 2.13. The molecule has 0 unspecified atom stereocenters. The maximum absolute atomic E-state index is 11.9. The molecule has 0 aliphatic carbocycles. The quantitative estimate of drug-likeness (QED) is 0.445. The van der Waals surface area contributed by atoms with E-state index in [-0.39, 0.29) is 23.2 Å². The number of nitrogens with one attached hydrogen (secondary N) is 1. The van der Waals surface area contributed by atoms with E-state index < -0.39 is 17.5 Å². The highest BCUT2D eigenvalue weighted by atomic mass is 16.6. The van der Waals surface area contributed by atoms with Gasteiger partial charge in [0.2, 0.25) is 0 Å². The first-order valence-electron chi connectivity index (χ1n) is 8.20. The molecular formula is C19H20N2O5. The monoisotopic (exact) mass is 356 g/mol. The van der Waals surface area contributed by atoms with E-state index in [1.165, 1.54) is 29.8 Å². The molecule has 0 saturated heterocycles. The van der Waals surface area contributed by atoms with Crippen LogP contribution in [-0.4, -0.2) is 29.4 Å². The lowest BCUT2D eigenvalue weighted by atomic mass is 10.1. The molecule has 26 heavy (non-hydrogen) atoms. The van der Waals surface area contributed by atoms with E-state index in [1.807, 2.05) is 37.3 Å². The first-order chi connectivity index (χ1) is 12.5. The molecule has 0 aliphatic rings. The Morgan fingerprint density at radius 2 is 1.77 bits per heavy atom. The number of non-ortho nitro benzene ring substituents is 1. The molecule has 1 atom stereocenters. The smallest absolute Gasteiger partial charge is 0.338 e. The predicted octanol–water partition coefficient (Wildman–Crippen LogP) is 2.89. The van der Waals surface area contributed by atoms with Gasteiger partial charge in [-0.05, 0) is 37.5 Å². The van der Waals surface area contributed by atoms with Crippen molar-refractivity contribution in [3.8, 4) is 0 Å². The Balaban J connectivity index is 1.73. The second-order valence-corrected chi connectivity index (χ2v) is 5.87. The Morgan fingerprint density at radius 1 is 1.12 bits per heavy atom. The number of hydrogen-bond acceptors (Lipinski definition) is 5. The normalized spacial score (nSPS) is 11.4. The van der Waals surface area contributed by atoms with Gasteiger partial charge in [0.1, 0.15) is 0 Å². The molecule has 2 aromatic carbocycles. The van der Waals surface area contributed by atoms with Crippen LogP contribution in [0.4, 0.5) is 5.69 Å². The SMILES string of the molecule is C[C@H](CCc1ccccc1)NC(=O)COC(=O)c1ccc([N+](=O)[O-])cc1. The summed E-state index contributed by atoms with van der Waals surface area (Å²) in [7, 11) is 0. The molecule has 0 bridgehead atoms. The third-order valence-electron chi connectivity index (χ3n) is 3.76. The van der Waals surface area contributed by atoms with Gasteiger partial charge in [-0.2, -0.15) is 0 Å². The Hall–Kier alpha value is -3.22. The second kappa shape index (κ2) is 9.31. The fourth-order valence-electron chi connectivity index (χ4n) is 2.35. The minimum Gasteiger partial charge on any atom is -0.452 e. The Labute approximate surface area is 151 Å². The number of amides is 1. The Bertz CT molecular complexity index is 759. The van der Waals surface area contributed by atoms with Crippen LogP contribution in [-0.2, 0) is 16.0 Å². The van der Waals surface area contributed by atoms with Gasteiger partial charge in [-0.3, -0.25) is 14.9 Å². The lowest BCUT2D eigenvalue weighted by molar-refractivity contribution is -0.384. The van der Waals surface area contributed by atoms with Crippen molar-refractivity contribution in [2.24, 2.45) is 0 Å². The molecule has 0 aromatic heterocycles. The molecule has 136 valence electrons. The zero-order valence-corrected chi connectivity index (χ0v) is 14.4. The molecule has 0 heterocycles. The summed E-state index contributed by atoms with van der Waals surface area (Å²) in [5.41, 5.74) is 1.23. The predicted molar refractivity (Wildman–Crippen MR) is 95.7 cm³/mol. The lowest BCUT2D eigenvalue weighted by Crippen LogP contribution is -2.36. The van der Waals surface area contributed by atoms with E-state index >= 15 is 0 Å². The molecule has 7 nitrogen and oxygen atoms in total. The summed E-state index contributed by atoms with van der Waals surface area (Å²) in [6.07, 6.45) is 1.61. The van der Waals surface area contributed by atoms with Gasteiger partial charge < -0.3 is 10.1 Å². The van der Waals surface area contributed by atoms with Crippen LogP contribution in [0.1, 0.15) is 29.3 Å². The molecule has 1 amide bonds. The van der Waals surface area contributed by atoms with Crippen molar-refractivity contribution >= 4 is 17.6 Å². The van der Waals surface area contributed by atoms with Crippen LogP contribution in [0.25, 0.3) is 0 Å². The highest BCUT2D eigenvalue weighted by molar-refractivity contribution is 5.91. The molecule has 0 radical (unpaired) electrons. The van der Waals surface area contributed by atoms with E-state index in [9.17, 15) is 19.7 Å². The Kier molecular flexibility index (Phi) is 6.84. The standard InChI is InChI=1S/C19H20N2O5/c1-14(7-8-15-5-3-2-4-6-15)20-18(22)13-26-19(23)16-9-11-17(12-10-16)21(24)25/h2-6,9-12,14H,7-8,13H2,1H3,(H,20,22)/t14-/m1/s1. The molecule has 2 rings (SSSR count). The molecule has 0 aliphatic heterocycles. The number of rotatable bonds is 8. The number of nitrogens with zero attached hydrogens (tertiary/aromatic N) is 1. The summed E-state index contributed by atoms with van der Waals surface area (Å²) in [6.45, 7) is 1.49. The third-order valence-corrected chi connectivity index (χ3v) is 3.76. The van der Waals surface area contributed by atoms with Gasteiger partial charge in [-0.1, -0.05) is 30.3 Å². The molecule has 0 spiro atoms. The number of carbonyl (C=O) groups excluding carboxylic acids is 2.